The van der Waals surface area contributed by atoms with Gasteiger partial charge in [-0.25, -0.2) is 9.50 Å². The third-order valence-corrected chi connectivity index (χ3v) is 3.11. The van der Waals surface area contributed by atoms with Crippen molar-refractivity contribution in [3.63, 3.8) is 0 Å². The number of hydrogen-bond acceptors (Lipinski definition) is 4. The third-order valence-electron chi connectivity index (χ3n) is 2.64. The first-order chi connectivity index (χ1) is 9.22. The molecule has 0 saturated carbocycles. The van der Waals surface area contributed by atoms with E-state index in [1.807, 2.05) is 12.1 Å². The monoisotopic (exact) mass is 316 g/mol. The molecule has 0 radical (unpaired) electrons. The van der Waals surface area contributed by atoms with Gasteiger partial charge in [-0.05, 0) is 40.2 Å². The van der Waals surface area contributed by atoms with Gasteiger partial charge in [0.15, 0.2) is 17.3 Å². The predicted octanol–water partition coefficient (Wildman–Crippen LogP) is 2.31. The van der Waals surface area contributed by atoms with E-state index in [1.165, 1.54) is 0 Å². The summed E-state index contributed by atoms with van der Waals surface area (Å²) in [6.07, 6.45) is 5.16. The van der Waals surface area contributed by atoms with Crippen LogP contribution in [0.4, 0.5) is 0 Å². The Morgan fingerprint density at radius 2 is 2.21 bits per heavy atom. The smallest absolute Gasteiger partial charge is 0.172 e. The number of carbonyl (C=O) groups excluding carboxylic acids is 1. The van der Waals surface area contributed by atoms with Crippen LogP contribution in [0.1, 0.15) is 16.2 Å². The second kappa shape index (κ2) is 4.89. The highest BCUT2D eigenvalue weighted by Gasteiger charge is 2.11. The van der Waals surface area contributed by atoms with Crippen LogP contribution in [0.15, 0.2) is 47.3 Å². The Hall–Kier alpha value is -2.08. The molecule has 94 valence electrons. The minimum absolute atomic E-state index is 0.0388. The van der Waals surface area contributed by atoms with E-state index in [-0.39, 0.29) is 12.2 Å². The fraction of sp³-hybridized carbons (Fsp3) is 0.0769. The molecular weight excluding hydrogens is 308 g/mol. The number of hydrogen-bond donors (Lipinski definition) is 0. The summed E-state index contributed by atoms with van der Waals surface area (Å²) in [4.78, 5) is 20.3. The molecule has 0 aliphatic carbocycles. The zero-order valence-corrected chi connectivity index (χ0v) is 11.4. The van der Waals surface area contributed by atoms with Crippen molar-refractivity contribution in [1.29, 1.82) is 0 Å². The Kier molecular flexibility index (Phi) is 3.08. The van der Waals surface area contributed by atoms with Crippen LogP contribution in [0.25, 0.3) is 5.65 Å². The number of ketones is 1. The molecule has 0 aliphatic rings. The number of rotatable bonds is 3. The van der Waals surface area contributed by atoms with Crippen molar-refractivity contribution < 1.29 is 4.79 Å². The van der Waals surface area contributed by atoms with Crippen molar-refractivity contribution in [2.24, 2.45) is 0 Å². The maximum absolute atomic E-state index is 12.0. The number of halogens is 1. The van der Waals surface area contributed by atoms with Crippen LogP contribution in [-0.4, -0.2) is 25.4 Å². The molecule has 0 aliphatic heterocycles. The lowest BCUT2D eigenvalue weighted by molar-refractivity contribution is 0.0990. The summed E-state index contributed by atoms with van der Waals surface area (Å²) in [6.45, 7) is 0. The first-order valence-corrected chi connectivity index (χ1v) is 6.46. The van der Waals surface area contributed by atoms with Gasteiger partial charge in [-0.15, -0.1) is 0 Å². The molecule has 0 aromatic carbocycles. The van der Waals surface area contributed by atoms with Crippen molar-refractivity contribution in [2.45, 2.75) is 6.42 Å². The van der Waals surface area contributed by atoms with Gasteiger partial charge in [0.2, 0.25) is 0 Å². The first-order valence-electron chi connectivity index (χ1n) is 5.66. The molecule has 3 aromatic heterocycles. The minimum Gasteiger partial charge on any atom is -0.294 e. The van der Waals surface area contributed by atoms with Crippen LogP contribution in [0.2, 0.25) is 0 Å². The Balaban J connectivity index is 1.87. The van der Waals surface area contributed by atoms with E-state index < -0.39 is 0 Å². The molecular formula is C13H9BrN4O. The quantitative estimate of drug-likeness (QED) is 0.696. The van der Waals surface area contributed by atoms with Gasteiger partial charge in [0.25, 0.3) is 0 Å². The molecule has 0 spiro atoms. The fourth-order valence-electron chi connectivity index (χ4n) is 1.75. The minimum atomic E-state index is -0.0388. The lowest BCUT2D eigenvalue weighted by Crippen LogP contribution is -2.05. The van der Waals surface area contributed by atoms with Gasteiger partial charge in [0, 0.05) is 28.6 Å². The molecule has 3 rings (SSSR count). The third kappa shape index (κ3) is 2.53. The molecule has 0 atom stereocenters. The molecule has 0 unspecified atom stereocenters. The summed E-state index contributed by atoms with van der Waals surface area (Å²) in [6, 6.07) is 7.20. The average molecular weight is 317 g/mol. The van der Waals surface area contributed by atoms with Gasteiger partial charge >= 0.3 is 0 Å². The fourth-order valence-corrected chi connectivity index (χ4v) is 2.08. The summed E-state index contributed by atoms with van der Waals surface area (Å²) in [5.74, 6) is 0.468. The molecule has 6 heteroatoms. The molecule has 0 saturated heterocycles. The molecule has 3 heterocycles. The lowest BCUT2D eigenvalue weighted by atomic mass is 10.1. The van der Waals surface area contributed by atoms with Crippen LogP contribution >= 0.6 is 15.9 Å². The van der Waals surface area contributed by atoms with Crippen LogP contribution in [0, 0.1) is 0 Å². The summed E-state index contributed by atoms with van der Waals surface area (Å²) < 4.78 is 2.56. The van der Waals surface area contributed by atoms with E-state index in [4.69, 9.17) is 0 Å². The molecule has 0 bridgehead atoms. The van der Waals surface area contributed by atoms with Crippen LogP contribution in [0.3, 0.4) is 0 Å². The van der Waals surface area contributed by atoms with Gasteiger partial charge in [-0.1, -0.05) is 0 Å². The molecule has 3 aromatic rings. The van der Waals surface area contributed by atoms with E-state index in [2.05, 4.69) is 31.0 Å². The van der Waals surface area contributed by atoms with Crippen molar-refractivity contribution >= 4 is 27.4 Å². The number of carbonyl (C=O) groups is 1. The van der Waals surface area contributed by atoms with Crippen LogP contribution in [-0.2, 0) is 6.42 Å². The second-order valence-corrected chi connectivity index (χ2v) is 4.94. The van der Waals surface area contributed by atoms with E-state index >= 15 is 0 Å². The topological polar surface area (TPSA) is 60.2 Å². The second-order valence-electron chi connectivity index (χ2n) is 4.02. The lowest BCUT2D eigenvalue weighted by Gasteiger charge is -1.95. The molecule has 0 fully saturated rings. The standard InChI is InChI=1S/C13H9BrN4O/c14-10-3-4-13-16-12(17-18(13)8-10)6-11(19)9-2-1-5-15-7-9/h1-5,7-8H,6H2. The number of nitrogens with zero attached hydrogens (tertiary/aromatic N) is 4. The number of Topliss-reactive ketones (excluding diaryl/α,β-unsaturated/α-hetero) is 1. The van der Waals surface area contributed by atoms with Crippen LogP contribution < -0.4 is 0 Å². The molecule has 5 nitrogen and oxygen atoms in total. The zero-order valence-electron chi connectivity index (χ0n) is 9.82. The van der Waals surface area contributed by atoms with Gasteiger partial charge in [0.1, 0.15) is 0 Å². The number of fused-ring (bicyclic) bond motifs is 1. The van der Waals surface area contributed by atoms with Crippen molar-refractivity contribution in [1.82, 2.24) is 19.6 Å². The van der Waals surface area contributed by atoms with Gasteiger partial charge in [0.05, 0.1) is 6.42 Å². The predicted molar refractivity (Wildman–Crippen MR) is 73.0 cm³/mol. The average Bonchev–Trinajstić information content (AvgIpc) is 2.81. The number of aromatic nitrogens is 4. The normalized spacial score (nSPS) is 10.8. The summed E-state index contributed by atoms with van der Waals surface area (Å²) in [7, 11) is 0. The SMILES string of the molecule is O=C(Cc1nc2ccc(Br)cn2n1)c1cccnc1. The first kappa shape index (κ1) is 12.0. The Bertz CT molecular complexity index is 739. The van der Waals surface area contributed by atoms with Gasteiger partial charge in [-0.2, -0.15) is 5.10 Å². The van der Waals surface area contributed by atoms with E-state index in [9.17, 15) is 4.79 Å². The Labute approximate surface area is 117 Å². The highest BCUT2D eigenvalue weighted by Crippen LogP contribution is 2.11. The Morgan fingerprint density at radius 1 is 1.32 bits per heavy atom. The summed E-state index contributed by atoms with van der Waals surface area (Å²) >= 11 is 3.37. The summed E-state index contributed by atoms with van der Waals surface area (Å²) in [5.41, 5.74) is 1.29. The van der Waals surface area contributed by atoms with E-state index in [0.29, 0.717) is 11.4 Å². The summed E-state index contributed by atoms with van der Waals surface area (Å²) in [5, 5.41) is 4.27. The highest BCUT2D eigenvalue weighted by molar-refractivity contribution is 9.10. The van der Waals surface area contributed by atoms with E-state index in [0.717, 1.165) is 10.1 Å². The van der Waals surface area contributed by atoms with Crippen molar-refractivity contribution in [3.05, 3.63) is 58.7 Å². The maximum atomic E-state index is 12.0. The van der Waals surface area contributed by atoms with Gasteiger partial charge in [-0.3, -0.25) is 9.78 Å². The Morgan fingerprint density at radius 3 is 3.00 bits per heavy atom. The molecule has 0 amide bonds. The zero-order chi connectivity index (χ0) is 13.2. The maximum Gasteiger partial charge on any atom is 0.172 e. The van der Waals surface area contributed by atoms with E-state index in [1.54, 1.807) is 35.2 Å². The van der Waals surface area contributed by atoms with Crippen molar-refractivity contribution in [2.75, 3.05) is 0 Å². The van der Waals surface area contributed by atoms with Gasteiger partial charge < -0.3 is 0 Å². The number of pyridine rings is 2. The molecule has 0 N–H and O–H groups in total. The van der Waals surface area contributed by atoms with Crippen molar-refractivity contribution in [3.8, 4) is 0 Å². The largest absolute Gasteiger partial charge is 0.294 e. The highest BCUT2D eigenvalue weighted by atomic mass is 79.9. The molecule has 19 heavy (non-hydrogen) atoms. The van der Waals surface area contributed by atoms with Crippen LogP contribution in [0.5, 0.6) is 0 Å².